The lowest BCUT2D eigenvalue weighted by atomic mass is 10.1. The molecule has 0 bridgehead atoms. The molecule has 4 nitrogen and oxygen atoms in total. The number of halogens is 2. The van der Waals surface area contributed by atoms with Crippen molar-refractivity contribution in [2.24, 2.45) is 0 Å². The minimum atomic E-state index is -0.674. The van der Waals surface area contributed by atoms with E-state index in [0.717, 1.165) is 22.5 Å². The Hall–Kier alpha value is -2.89. The molecule has 1 heterocycles. The summed E-state index contributed by atoms with van der Waals surface area (Å²) in [6.07, 6.45) is 2.62. The molecule has 0 aliphatic rings. The first kappa shape index (κ1) is 17.9. The van der Waals surface area contributed by atoms with E-state index in [1.54, 1.807) is 6.92 Å². The Kier molecular flexibility index (Phi) is 5.21. The smallest absolute Gasteiger partial charge is 0.315 e. The number of aromatic amines is 1. The Labute approximate surface area is 150 Å². The van der Waals surface area contributed by atoms with Gasteiger partial charge in [0.15, 0.2) is 0 Å². The Bertz CT molecular complexity index is 936. The Morgan fingerprint density at radius 2 is 2.00 bits per heavy atom. The van der Waals surface area contributed by atoms with Gasteiger partial charge in [-0.2, -0.15) is 0 Å². The maximum Gasteiger partial charge on any atom is 0.315 e. The maximum atomic E-state index is 13.8. The summed E-state index contributed by atoms with van der Waals surface area (Å²) in [5.41, 5.74) is 3.63. The molecule has 1 aromatic heterocycles. The number of amides is 2. The Morgan fingerprint density at radius 3 is 2.77 bits per heavy atom. The molecule has 6 heteroatoms. The summed E-state index contributed by atoms with van der Waals surface area (Å²) in [6.45, 7) is 4.14. The van der Waals surface area contributed by atoms with E-state index in [-0.39, 0.29) is 5.56 Å². The summed E-state index contributed by atoms with van der Waals surface area (Å²) in [7, 11) is 0. The van der Waals surface area contributed by atoms with Gasteiger partial charge in [0, 0.05) is 35.3 Å². The zero-order valence-corrected chi connectivity index (χ0v) is 14.7. The lowest BCUT2D eigenvalue weighted by Gasteiger charge is -2.15. The van der Waals surface area contributed by atoms with Crippen molar-refractivity contribution >= 4 is 16.9 Å². The second-order valence-corrected chi connectivity index (χ2v) is 6.40. The van der Waals surface area contributed by atoms with Crippen molar-refractivity contribution in [3.8, 4) is 0 Å². The Balaban J connectivity index is 1.53. The maximum absolute atomic E-state index is 13.8. The van der Waals surface area contributed by atoms with Crippen LogP contribution in [0.15, 0.2) is 42.6 Å². The number of H-pyrrole nitrogens is 1. The van der Waals surface area contributed by atoms with E-state index in [4.69, 9.17) is 0 Å². The SMILES string of the molecule is Cc1ccc2c(CCNC(=O)NC(C)c3ccc(F)cc3F)c[nH]c2c1. The first-order valence-electron chi connectivity index (χ1n) is 8.50. The highest BCUT2D eigenvalue weighted by molar-refractivity contribution is 5.84. The van der Waals surface area contributed by atoms with Crippen molar-refractivity contribution < 1.29 is 13.6 Å². The van der Waals surface area contributed by atoms with Crippen molar-refractivity contribution in [3.63, 3.8) is 0 Å². The number of hydrogen-bond acceptors (Lipinski definition) is 1. The van der Waals surface area contributed by atoms with E-state index in [1.807, 2.05) is 13.1 Å². The molecule has 0 saturated heterocycles. The van der Waals surface area contributed by atoms with Crippen LogP contribution in [0.5, 0.6) is 0 Å². The second-order valence-electron chi connectivity index (χ2n) is 6.40. The number of urea groups is 1. The van der Waals surface area contributed by atoms with Gasteiger partial charge in [0.1, 0.15) is 11.6 Å². The largest absolute Gasteiger partial charge is 0.361 e. The highest BCUT2D eigenvalue weighted by Crippen LogP contribution is 2.20. The number of carbonyl (C=O) groups is 1. The molecule has 136 valence electrons. The van der Waals surface area contributed by atoms with Crippen LogP contribution >= 0.6 is 0 Å². The van der Waals surface area contributed by atoms with Gasteiger partial charge < -0.3 is 15.6 Å². The van der Waals surface area contributed by atoms with Gasteiger partial charge in [0.05, 0.1) is 6.04 Å². The van der Waals surface area contributed by atoms with Crippen LogP contribution in [-0.2, 0) is 6.42 Å². The zero-order chi connectivity index (χ0) is 18.7. The molecule has 1 atom stereocenters. The van der Waals surface area contributed by atoms with Crippen molar-refractivity contribution in [1.82, 2.24) is 15.6 Å². The second kappa shape index (κ2) is 7.56. The topological polar surface area (TPSA) is 56.9 Å². The molecule has 1 unspecified atom stereocenters. The number of nitrogens with one attached hydrogen (secondary N) is 3. The van der Waals surface area contributed by atoms with Crippen LogP contribution in [0.2, 0.25) is 0 Å². The van der Waals surface area contributed by atoms with Crippen LogP contribution < -0.4 is 10.6 Å². The van der Waals surface area contributed by atoms with Gasteiger partial charge in [-0.15, -0.1) is 0 Å². The number of fused-ring (bicyclic) bond motifs is 1. The van der Waals surface area contributed by atoms with Crippen LogP contribution in [0.3, 0.4) is 0 Å². The average Bonchev–Trinajstić information content (AvgIpc) is 2.96. The highest BCUT2D eigenvalue weighted by atomic mass is 19.1. The van der Waals surface area contributed by atoms with Crippen molar-refractivity contribution in [2.45, 2.75) is 26.3 Å². The molecular formula is C20H21F2N3O. The van der Waals surface area contributed by atoms with Crippen LogP contribution in [0.1, 0.15) is 29.7 Å². The van der Waals surface area contributed by atoms with Gasteiger partial charge in [-0.1, -0.05) is 18.2 Å². The number of aryl methyl sites for hydroxylation is 1. The number of hydrogen-bond donors (Lipinski definition) is 3. The number of benzene rings is 2. The summed E-state index contributed by atoms with van der Waals surface area (Å²) in [5, 5.41) is 6.57. The number of aromatic nitrogens is 1. The van der Waals surface area contributed by atoms with Gasteiger partial charge in [-0.3, -0.25) is 0 Å². The summed E-state index contributed by atoms with van der Waals surface area (Å²) >= 11 is 0. The molecule has 0 aliphatic carbocycles. The van der Waals surface area contributed by atoms with E-state index in [1.165, 1.54) is 17.7 Å². The minimum Gasteiger partial charge on any atom is -0.361 e. The molecule has 0 radical (unpaired) electrons. The molecular weight excluding hydrogens is 336 g/mol. The third kappa shape index (κ3) is 4.02. The van der Waals surface area contributed by atoms with Crippen LogP contribution in [0.25, 0.3) is 10.9 Å². The van der Waals surface area contributed by atoms with Crippen LogP contribution in [0.4, 0.5) is 13.6 Å². The van der Waals surface area contributed by atoms with Crippen molar-refractivity contribution in [2.75, 3.05) is 6.54 Å². The third-order valence-corrected chi connectivity index (χ3v) is 4.38. The first-order valence-corrected chi connectivity index (χ1v) is 8.50. The lowest BCUT2D eigenvalue weighted by molar-refractivity contribution is 0.238. The molecule has 0 fully saturated rings. The summed E-state index contributed by atoms with van der Waals surface area (Å²) in [5.74, 6) is -1.32. The van der Waals surface area contributed by atoms with E-state index < -0.39 is 23.7 Å². The van der Waals surface area contributed by atoms with E-state index >= 15 is 0 Å². The summed E-state index contributed by atoms with van der Waals surface area (Å²) < 4.78 is 26.7. The fourth-order valence-corrected chi connectivity index (χ4v) is 3.00. The standard InChI is InChI=1S/C20H21F2N3O/c1-12-3-5-17-14(11-24-19(17)9-12)7-8-23-20(26)25-13(2)16-6-4-15(21)10-18(16)22/h3-6,9-11,13,24H,7-8H2,1-2H3,(H2,23,25,26). The fourth-order valence-electron chi connectivity index (χ4n) is 3.00. The molecule has 3 N–H and O–H groups in total. The Morgan fingerprint density at radius 1 is 1.19 bits per heavy atom. The molecule has 2 amide bonds. The van der Waals surface area contributed by atoms with E-state index in [2.05, 4.69) is 33.8 Å². The van der Waals surface area contributed by atoms with Crippen molar-refractivity contribution in [3.05, 3.63) is 70.9 Å². The predicted molar refractivity (Wildman–Crippen MR) is 98.0 cm³/mol. The monoisotopic (exact) mass is 357 g/mol. The highest BCUT2D eigenvalue weighted by Gasteiger charge is 2.14. The summed E-state index contributed by atoms with van der Waals surface area (Å²) in [6, 6.07) is 8.57. The molecule has 0 aliphatic heterocycles. The van der Waals surface area contributed by atoms with Gasteiger partial charge in [0.25, 0.3) is 0 Å². The van der Waals surface area contributed by atoms with Gasteiger partial charge in [0.2, 0.25) is 0 Å². The molecule has 2 aromatic carbocycles. The zero-order valence-electron chi connectivity index (χ0n) is 14.7. The molecule has 3 aromatic rings. The third-order valence-electron chi connectivity index (χ3n) is 4.38. The molecule has 3 rings (SSSR count). The minimum absolute atomic E-state index is 0.244. The van der Waals surface area contributed by atoms with Crippen LogP contribution in [-0.4, -0.2) is 17.6 Å². The van der Waals surface area contributed by atoms with E-state index in [9.17, 15) is 13.6 Å². The number of rotatable bonds is 5. The lowest BCUT2D eigenvalue weighted by Crippen LogP contribution is -2.38. The average molecular weight is 357 g/mol. The van der Waals surface area contributed by atoms with Gasteiger partial charge in [-0.05, 0) is 43.5 Å². The molecule has 0 spiro atoms. The van der Waals surface area contributed by atoms with Crippen molar-refractivity contribution in [1.29, 1.82) is 0 Å². The summed E-state index contributed by atoms with van der Waals surface area (Å²) in [4.78, 5) is 15.2. The molecule has 0 saturated carbocycles. The molecule has 26 heavy (non-hydrogen) atoms. The number of carbonyl (C=O) groups excluding carboxylic acids is 1. The van der Waals surface area contributed by atoms with Crippen LogP contribution in [0, 0.1) is 18.6 Å². The predicted octanol–water partition coefficient (Wildman–Crippen LogP) is 4.36. The van der Waals surface area contributed by atoms with Gasteiger partial charge in [-0.25, -0.2) is 13.6 Å². The first-order chi connectivity index (χ1) is 12.4. The fraction of sp³-hybridized carbons (Fsp3) is 0.250. The van der Waals surface area contributed by atoms with Gasteiger partial charge >= 0.3 is 6.03 Å². The van der Waals surface area contributed by atoms with E-state index in [0.29, 0.717) is 13.0 Å². The normalized spacial score (nSPS) is 12.2. The quantitative estimate of drug-likeness (QED) is 0.624.